The highest BCUT2D eigenvalue weighted by atomic mass is 35.5. The number of aromatic nitrogens is 2. The van der Waals surface area contributed by atoms with E-state index in [1.54, 1.807) is 14.2 Å². The lowest BCUT2D eigenvalue weighted by Gasteiger charge is -2.14. The summed E-state index contributed by atoms with van der Waals surface area (Å²) in [5, 5.41) is 3.67. The lowest BCUT2D eigenvalue weighted by atomic mass is 10.2. The Morgan fingerprint density at radius 1 is 1.20 bits per heavy atom. The van der Waals surface area contributed by atoms with Crippen molar-refractivity contribution >= 4 is 23.1 Å². The van der Waals surface area contributed by atoms with Crippen molar-refractivity contribution in [1.82, 2.24) is 9.97 Å². The Morgan fingerprint density at radius 3 is 2.65 bits per heavy atom. The zero-order valence-electron chi connectivity index (χ0n) is 11.6. The number of nitrogens with one attached hydrogen (secondary N) is 1. The second-order valence-electron chi connectivity index (χ2n) is 4.04. The average molecular weight is 294 g/mol. The molecule has 0 atom stereocenters. The van der Waals surface area contributed by atoms with Crippen LogP contribution >= 0.6 is 11.6 Å². The lowest BCUT2D eigenvalue weighted by molar-refractivity contribution is 0.405. The third-order valence-corrected chi connectivity index (χ3v) is 3.23. The fourth-order valence-electron chi connectivity index (χ4n) is 1.85. The SMILES string of the molecule is CCc1c(Cl)ncnc1Nc1cc(OC)ccc1OC. The number of benzene rings is 1. The summed E-state index contributed by atoms with van der Waals surface area (Å²) in [7, 11) is 3.23. The Labute approximate surface area is 122 Å². The standard InChI is InChI=1S/C14H16ClN3O2/c1-4-10-13(15)16-8-17-14(10)18-11-7-9(19-2)5-6-12(11)20-3/h5-8H,4H2,1-3H3,(H,16,17,18). The zero-order chi connectivity index (χ0) is 14.5. The quantitative estimate of drug-likeness (QED) is 0.856. The van der Waals surface area contributed by atoms with Gasteiger partial charge in [0.2, 0.25) is 0 Å². The molecular weight excluding hydrogens is 278 g/mol. The first-order valence-electron chi connectivity index (χ1n) is 6.18. The Balaban J connectivity index is 2.41. The van der Waals surface area contributed by atoms with Crippen LogP contribution in [0, 0.1) is 0 Å². The minimum Gasteiger partial charge on any atom is -0.497 e. The summed E-state index contributed by atoms with van der Waals surface area (Å²) in [6.07, 6.45) is 2.16. The van der Waals surface area contributed by atoms with E-state index in [4.69, 9.17) is 21.1 Å². The highest BCUT2D eigenvalue weighted by molar-refractivity contribution is 6.30. The summed E-state index contributed by atoms with van der Waals surface area (Å²) >= 11 is 6.08. The second kappa shape index (κ2) is 6.43. The maximum Gasteiger partial charge on any atom is 0.142 e. The summed E-state index contributed by atoms with van der Waals surface area (Å²) in [5.74, 6) is 2.09. The summed E-state index contributed by atoms with van der Waals surface area (Å²) in [6.45, 7) is 2.00. The van der Waals surface area contributed by atoms with E-state index in [2.05, 4.69) is 15.3 Å². The molecule has 0 aliphatic carbocycles. The van der Waals surface area contributed by atoms with E-state index in [1.165, 1.54) is 6.33 Å². The van der Waals surface area contributed by atoms with Crippen LogP contribution in [0.3, 0.4) is 0 Å². The van der Waals surface area contributed by atoms with Gasteiger partial charge in [-0.3, -0.25) is 0 Å². The zero-order valence-corrected chi connectivity index (χ0v) is 12.4. The molecule has 1 aromatic heterocycles. The first-order chi connectivity index (χ1) is 9.69. The summed E-state index contributed by atoms with van der Waals surface area (Å²) in [5.41, 5.74) is 1.62. The molecule has 5 nitrogen and oxygen atoms in total. The predicted octanol–water partition coefficient (Wildman–Crippen LogP) is 3.45. The molecule has 0 saturated heterocycles. The van der Waals surface area contributed by atoms with E-state index in [0.29, 0.717) is 16.7 Å². The maximum absolute atomic E-state index is 6.08. The summed E-state index contributed by atoms with van der Waals surface area (Å²) < 4.78 is 10.5. The summed E-state index contributed by atoms with van der Waals surface area (Å²) in [6, 6.07) is 5.50. The van der Waals surface area contributed by atoms with Crippen molar-refractivity contribution < 1.29 is 9.47 Å². The van der Waals surface area contributed by atoms with Gasteiger partial charge in [-0.05, 0) is 18.6 Å². The number of rotatable bonds is 5. The van der Waals surface area contributed by atoms with E-state index < -0.39 is 0 Å². The Morgan fingerprint density at radius 2 is 2.00 bits per heavy atom. The van der Waals surface area contributed by atoms with Gasteiger partial charge in [0.1, 0.15) is 28.8 Å². The molecule has 0 aliphatic heterocycles. The highest BCUT2D eigenvalue weighted by Gasteiger charge is 2.11. The largest absolute Gasteiger partial charge is 0.497 e. The predicted molar refractivity (Wildman–Crippen MR) is 79.2 cm³/mol. The average Bonchev–Trinajstić information content (AvgIpc) is 2.47. The van der Waals surface area contributed by atoms with Gasteiger partial charge in [-0.25, -0.2) is 9.97 Å². The Hall–Kier alpha value is -2.01. The first-order valence-corrected chi connectivity index (χ1v) is 6.55. The number of anilines is 2. The molecule has 106 valence electrons. The van der Waals surface area contributed by atoms with Crippen LogP contribution in [0.5, 0.6) is 11.5 Å². The number of hydrogen-bond donors (Lipinski definition) is 1. The fraction of sp³-hybridized carbons (Fsp3) is 0.286. The van der Waals surface area contributed by atoms with Gasteiger partial charge in [0.25, 0.3) is 0 Å². The van der Waals surface area contributed by atoms with Crippen molar-refractivity contribution in [3.8, 4) is 11.5 Å². The van der Waals surface area contributed by atoms with Crippen molar-refractivity contribution in [3.05, 3.63) is 35.2 Å². The molecule has 1 N–H and O–H groups in total. The topological polar surface area (TPSA) is 56.3 Å². The molecule has 2 aromatic rings. The van der Waals surface area contributed by atoms with Gasteiger partial charge in [-0.1, -0.05) is 18.5 Å². The molecular formula is C14H16ClN3O2. The van der Waals surface area contributed by atoms with Gasteiger partial charge < -0.3 is 14.8 Å². The number of methoxy groups -OCH3 is 2. The molecule has 20 heavy (non-hydrogen) atoms. The van der Waals surface area contributed by atoms with E-state index in [0.717, 1.165) is 23.4 Å². The maximum atomic E-state index is 6.08. The van der Waals surface area contributed by atoms with E-state index in [9.17, 15) is 0 Å². The molecule has 2 rings (SSSR count). The van der Waals surface area contributed by atoms with Crippen LogP contribution in [-0.4, -0.2) is 24.2 Å². The van der Waals surface area contributed by atoms with Crippen LogP contribution in [0.25, 0.3) is 0 Å². The monoisotopic (exact) mass is 293 g/mol. The van der Waals surface area contributed by atoms with Crippen molar-refractivity contribution in [3.63, 3.8) is 0 Å². The van der Waals surface area contributed by atoms with Crippen LogP contribution < -0.4 is 14.8 Å². The third kappa shape index (κ3) is 2.93. The number of hydrogen-bond acceptors (Lipinski definition) is 5. The molecule has 0 saturated carbocycles. The molecule has 6 heteroatoms. The molecule has 0 unspecified atom stereocenters. The normalized spacial score (nSPS) is 10.2. The molecule has 0 amide bonds. The van der Waals surface area contributed by atoms with Gasteiger partial charge >= 0.3 is 0 Å². The minimum absolute atomic E-state index is 0.451. The summed E-state index contributed by atoms with van der Waals surface area (Å²) in [4.78, 5) is 8.22. The molecule has 0 fully saturated rings. The second-order valence-corrected chi connectivity index (χ2v) is 4.39. The van der Waals surface area contributed by atoms with Crippen LogP contribution in [0.4, 0.5) is 11.5 Å². The van der Waals surface area contributed by atoms with Gasteiger partial charge in [0.15, 0.2) is 0 Å². The van der Waals surface area contributed by atoms with E-state index in [1.807, 2.05) is 25.1 Å². The number of halogens is 1. The van der Waals surface area contributed by atoms with Crippen molar-refractivity contribution in [2.24, 2.45) is 0 Å². The van der Waals surface area contributed by atoms with Crippen molar-refractivity contribution in [2.75, 3.05) is 19.5 Å². The van der Waals surface area contributed by atoms with Crippen LogP contribution in [0.2, 0.25) is 5.15 Å². The van der Waals surface area contributed by atoms with Crippen molar-refractivity contribution in [1.29, 1.82) is 0 Å². The fourth-order valence-corrected chi connectivity index (χ4v) is 2.12. The Bertz CT molecular complexity index is 605. The first kappa shape index (κ1) is 14.4. The number of nitrogens with zero attached hydrogens (tertiary/aromatic N) is 2. The van der Waals surface area contributed by atoms with Crippen LogP contribution in [-0.2, 0) is 6.42 Å². The smallest absolute Gasteiger partial charge is 0.142 e. The van der Waals surface area contributed by atoms with Crippen molar-refractivity contribution in [2.45, 2.75) is 13.3 Å². The third-order valence-electron chi connectivity index (χ3n) is 2.91. The van der Waals surface area contributed by atoms with Gasteiger partial charge in [-0.2, -0.15) is 0 Å². The molecule has 1 heterocycles. The lowest BCUT2D eigenvalue weighted by Crippen LogP contribution is -2.02. The highest BCUT2D eigenvalue weighted by Crippen LogP contribution is 2.32. The number of ether oxygens (including phenoxy) is 2. The van der Waals surface area contributed by atoms with Gasteiger partial charge in [0.05, 0.1) is 19.9 Å². The molecule has 0 bridgehead atoms. The van der Waals surface area contributed by atoms with E-state index >= 15 is 0 Å². The minimum atomic E-state index is 0.451. The van der Waals surface area contributed by atoms with Crippen LogP contribution in [0.15, 0.2) is 24.5 Å². The molecule has 0 aliphatic rings. The Kier molecular flexibility index (Phi) is 4.63. The van der Waals surface area contributed by atoms with Gasteiger partial charge in [0, 0.05) is 11.6 Å². The van der Waals surface area contributed by atoms with Gasteiger partial charge in [-0.15, -0.1) is 0 Å². The van der Waals surface area contributed by atoms with Crippen LogP contribution in [0.1, 0.15) is 12.5 Å². The van der Waals surface area contributed by atoms with E-state index in [-0.39, 0.29) is 0 Å². The molecule has 0 radical (unpaired) electrons. The molecule has 0 spiro atoms. The molecule has 1 aromatic carbocycles.